The molecule has 2 N–H and O–H groups in total. The molecule has 10 nitrogen and oxygen atoms in total. The number of aryl methyl sites for hydroxylation is 1. The highest BCUT2D eigenvalue weighted by Gasteiger charge is 2.47. The molecule has 0 saturated carbocycles. The molecule has 11 heteroatoms. The Kier molecular flexibility index (Phi) is 7.40. The molecule has 4 aliphatic heterocycles. The number of piperidine rings is 2. The molecule has 0 spiro atoms. The summed E-state index contributed by atoms with van der Waals surface area (Å²) in [5.41, 5.74) is 3.27. The maximum Gasteiger partial charge on any atom is 0.265 e. The maximum atomic E-state index is 16.6. The molecule has 3 saturated heterocycles. The molecule has 4 heterocycles. The number of aromatic hydroxyl groups is 1. The number of phenolic OH excluding ortho intramolecular Hbond substituents is 1. The van der Waals surface area contributed by atoms with Crippen molar-refractivity contribution in [2.24, 2.45) is 5.92 Å². The maximum absolute atomic E-state index is 16.6. The summed E-state index contributed by atoms with van der Waals surface area (Å²) in [5.74, 6) is -5.31. The van der Waals surface area contributed by atoms with Gasteiger partial charge in [-0.05, 0) is 103 Å². The Hall–Kier alpha value is -5.55. The van der Waals surface area contributed by atoms with Crippen molar-refractivity contribution < 1.29 is 39.6 Å². The van der Waals surface area contributed by atoms with E-state index in [0.29, 0.717) is 35.7 Å². The number of hydrogen-bond acceptors (Lipinski definition) is 8. The van der Waals surface area contributed by atoms with Crippen molar-refractivity contribution >= 4 is 35.0 Å². The zero-order valence-electron chi connectivity index (χ0n) is 38.5. The van der Waals surface area contributed by atoms with Crippen molar-refractivity contribution in [1.82, 2.24) is 15.1 Å². The van der Waals surface area contributed by atoms with Crippen LogP contribution in [0.3, 0.4) is 0 Å². The predicted octanol–water partition coefficient (Wildman–Crippen LogP) is 5.83. The first-order chi connectivity index (χ1) is 30.3. The third-order valence-electron chi connectivity index (χ3n) is 11.8. The van der Waals surface area contributed by atoms with E-state index in [2.05, 4.69) is 41.3 Å². The number of hydrogen-bond donors (Lipinski definition) is 2. The minimum Gasteiger partial charge on any atom is -0.508 e. The largest absolute Gasteiger partial charge is 0.508 e. The van der Waals surface area contributed by atoms with Crippen LogP contribution in [-0.4, -0.2) is 90.2 Å². The van der Waals surface area contributed by atoms with Gasteiger partial charge in [-0.2, -0.15) is 0 Å². The SMILES string of the molecule is [2H]C1([2H])N(CC2CCN(c3ccc([C@@H]4c5ccc(O)cc5CC[C@@H]4c4ccccc4)cc3)CC2)C([2H])([2H])C([2H])([2H])N(c2ccc3c(c2F)C(=O)N(C2CCC(=O)NC2=O)C3=O)C1([2H])[2H]. The Balaban J connectivity index is 0.921. The molecule has 5 aliphatic rings. The Bertz CT molecular complexity index is 2530. The second-order valence-electron chi connectivity index (χ2n) is 15.1. The smallest absolute Gasteiger partial charge is 0.265 e. The number of carbonyl (C=O) groups is 4. The van der Waals surface area contributed by atoms with E-state index in [9.17, 15) is 24.3 Å². The number of piperazine rings is 1. The minimum absolute atomic E-state index is 0.0304. The van der Waals surface area contributed by atoms with Gasteiger partial charge in [-0.15, -0.1) is 0 Å². The summed E-state index contributed by atoms with van der Waals surface area (Å²) in [4.78, 5) is 54.4. The van der Waals surface area contributed by atoms with Gasteiger partial charge in [0.15, 0.2) is 5.82 Å². The number of imide groups is 2. The summed E-state index contributed by atoms with van der Waals surface area (Å²) >= 11 is 0. The van der Waals surface area contributed by atoms with E-state index in [-0.39, 0.29) is 47.8 Å². The zero-order chi connectivity index (χ0) is 45.7. The number of nitrogens with zero attached hydrogens (tertiary/aromatic N) is 4. The molecule has 0 bridgehead atoms. The third kappa shape index (κ3) is 6.61. The molecule has 4 aromatic carbocycles. The zero-order valence-corrected chi connectivity index (χ0v) is 30.5. The molecule has 1 unspecified atom stereocenters. The van der Waals surface area contributed by atoms with Gasteiger partial charge in [0, 0.05) is 69.1 Å². The summed E-state index contributed by atoms with van der Waals surface area (Å²) in [6.45, 7) is -12.8. The van der Waals surface area contributed by atoms with Gasteiger partial charge in [0.1, 0.15) is 11.8 Å². The molecule has 9 rings (SSSR count). The Morgan fingerprint density at radius 1 is 0.768 bits per heavy atom. The molecule has 1 aliphatic carbocycles. The first-order valence-corrected chi connectivity index (χ1v) is 19.1. The second-order valence-corrected chi connectivity index (χ2v) is 15.1. The molecule has 3 fully saturated rings. The molecule has 288 valence electrons. The fourth-order valence-electron chi connectivity index (χ4n) is 8.97. The van der Waals surface area contributed by atoms with Gasteiger partial charge in [0.25, 0.3) is 11.8 Å². The van der Waals surface area contributed by atoms with Crippen LogP contribution in [0.1, 0.15) is 97.9 Å². The van der Waals surface area contributed by atoms with E-state index in [0.717, 1.165) is 41.8 Å². The molecule has 0 radical (unpaired) electrons. The van der Waals surface area contributed by atoms with Crippen molar-refractivity contribution in [3.8, 4) is 5.75 Å². The Morgan fingerprint density at radius 3 is 2.25 bits per heavy atom. The Morgan fingerprint density at radius 2 is 1.52 bits per heavy atom. The number of benzene rings is 4. The summed E-state index contributed by atoms with van der Waals surface area (Å²) < 4.78 is 88.8. The number of fused-ring (bicyclic) bond motifs is 2. The summed E-state index contributed by atoms with van der Waals surface area (Å²) in [7, 11) is 0. The van der Waals surface area contributed by atoms with Gasteiger partial charge in [-0.25, -0.2) is 4.39 Å². The van der Waals surface area contributed by atoms with E-state index < -0.39 is 78.3 Å². The lowest BCUT2D eigenvalue weighted by Crippen LogP contribution is -2.54. The fourth-order valence-corrected chi connectivity index (χ4v) is 8.97. The lowest BCUT2D eigenvalue weighted by Gasteiger charge is -2.40. The minimum atomic E-state index is -3.45. The van der Waals surface area contributed by atoms with Crippen LogP contribution in [0.15, 0.2) is 84.9 Å². The topological polar surface area (TPSA) is 114 Å². The first kappa shape index (κ1) is 27.9. The number of phenols is 1. The van der Waals surface area contributed by atoms with Gasteiger partial charge in [-0.3, -0.25) is 34.3 Å². The van der Waals surface area contributed by atoms with Crippen LogP contribution in [0.4, 0.5) is 15.8 Å². The number of amides is 4. The number of rotatable bonds is 7. The van der Waals surface area contributed by atoms with Gasteiger partial charge < -0.3 is 14.9 Å². The first-order valence-electron chi connectivity index (χ1n) is 23.1. The standard InChI is InChI=1S/C45H46FN5O5/c46-42-37(15-14-36-41(42)45(56)51(44(36)55)38-16-17-39(53)47-43(38)54)50-24-22-48(23-25-50)27-28-18-20-49(21-19-28)32-9-6-30(7-10-32)40-34(29-4-2-1-3-5-29)12-8-31-26-33(52)11-13-35(31)40/h1-7,9-11,13-15,26,28,34,38,40,52H,8,12,16-25,27H2,(H,47,53,54)/t34-,38?,40+/m1/s1/i22D2,23D2,24D2,25D2. The molecule has 4 amide bonds. The second kappa shape index (κ2) is 14.8. The highest BCUT2D eigenvalue weighted by Crippen LogP contribution is 2.47. The van der Waals surface area contributed by atoms with Crippen LogP contribution in [0.5, 0.6) is 5.75 Å². The number of carbonyl (C=O) groups excluding carboxylic acids is 4. The van der Waals surface area contributed by atoms with E-state index >= 15 is 4.39 Å². The summed E-state index contributed by atoms with van der Waals surface area (Å²) in [5, 5.41) is 12.3. The van der Waals surface area contributed by atoms with Crippen LogP contribution in [0.25, 0.3) is 0 Å². The van der Waals surface area contributed by atoms with Crippen LogP contribution in [-0.2, 0) is 16.0 Å². The van der Waals surface area contributed by atoms with E-state index in [1.54, 1.807) is 6.07 Å². The predicted molar refractivity (Wildman–Crippen MR) is 211 cm³/mol. The van der Waals surface area contributed by atoms with Crippen molar-refractivity contribution in [2.45, 2.75) is 56.4 Å². The normalized spacial score (nSPS) is 29.0. The number of halogens is 1. The highest BCUT2D eigenvalue weighted by atomic mass is 19.1. The average molecular weight is 764 g/mol. The fraction of sp³-hybridized carbons (Fsp3) is 0.378. The highest BCUT2D eigenvalue weighted by molar-refractivity contribution is 6.24. The lowest BCUT2D eigenvalue weighted by atomic mass is 9.69. The van der Waals surface area contributed by atoms with Crippen LogP contribution < -0.4 is 15.1 Å². The van der Waals surface area contributed by atoms with Crippen molar-refractivity contribution in [3.05, 3.63) is 124 Å². The summed E-state index contributed by atoms with van der Waals surface area (Å²) in [6, 6.07) is 24.7. The van der Waals surface area contributed by atoms with Crippen LogP contribution in [0.2, 0.25) is 0 Å². The third-order valence-corrected chi connectivity index (χ3v) is 11.8. The van der Waals surface area contributed by atoms with Gasteiger partial charge in [0.2, 0.25) is 11.8 Å². The molecule has 0 aromatic heterocycles. The molecule has 4 aromatic rings. The quantitative estimate of drug-likeness (QED) is 0.226. The monoisotopic (exact) mass is 763 g/mol. The van der Waals surface area contributed by atoms with Crippen molar-refractivity contribution in [3.63, 3.8) is 0 Å². The Labute approximate surface area is 337 Å². The van der Waals surface area contributed by atoms with Crippen molar-refractivity contribution in [1.29, 1.82) is 0 Å². The summed E-state index contributed by atoms with van der Waals surface area (Å²) in [6.07, 6.45) is 2.28. The van der Waals surface area contributed by atoms with Crippen molar-refractivity contribution in [2.75, 3.05) is 55.4 Å². The van der Waals surface area contributed by atoms with Gasteiger partial charge in [0.05, 0.1) is 22.3 Å². The van der Waals surface area contributed by atoms with E-state index in [1.807, 2.05) is 35.6 Å². The number of nitrogens with one attached hydrogen (secondary N) is 1. The van der Waals surface area contributed by atoms with Gasteiger partial charge in [-0.1, -0.05) is 48.5 Å². The molecular formula is C45H46FN5O5. The molecule has 3 atom stereocenters. The van der Waals surface area contributed by atoms with E-state index in [1.165, 1.54) is 11.1 Å². The number of anilines is 2. The van der Waals surface area contributed by atoms with Crippen LogP contribution >= 0.6 is 0 Å². The van der Waals surface area contributed by atoms with E-state index in [4.69, 9.17) is 11.0 Å². The molecule has 56 heavy (non-hydrogen) atoms. The van der Waals surface area contributed by atoms with Gasteiger partial charge >= 0.3 is 0 Å². The lowest BCUT2D eigenvalue weighted by molar-refractivity contribution is -0.136. The average Bonchev–Trinajstić information content (AvgIpc) is 3.51. The molecular weight excluding hydrogens is 710 g/mol. The van der Waals surface area contributed by atoms with Crippen LogP contribution in [0, 0.1) is 11.7 Å².